The van der Waals surface area contributed by atoms with Crippen molar-refractivity contribution in [1.29, 1.82) is 0 Å². The Labute approximate surface area is 164 Å². The number of halogens is 3. The number of alkyl halides is 3. The molecule has 2 aliphatic rings. The molecule has 1 saturated carbocycles. The van der Waals surface area contributed by atoms with E-state index in [4.69, 9.17) is 4.42 Å². The molecule has 29 heavy (non-hydrogen) atoms. The van der Waals surface area contributed by atoms with Crippen LogP contribution in [-0.2, 0) is 6.18 Å². The van der Waals surface area contributed by atoms with Gasteiger partial charge in [0.2, 0.25) is 0 Å². The fraction of sp³-hybridized carbons (Fsp3) is 0.400. The summed E-state index contributed by atoms with van der Waals surface area (Å²) < 4.78 is 44.2. The molecule has 1 amide bonds. The zero-order chi connectivity index (χ0) is 20.2. The number of pyridine rings is 1. The number of aromatic amines is 1. The highest BCUT2D eigenvalue weighted by atomic mass is 19.4. The molecule has 4 heterocycles. The highest BCUT2D eigenvalue weighted by Crippen LogP contribution is 2.40. The Morgan fingerprint density at radius 3 is 2.90 bits per heavy atom. The number of rotatable bonds is 3. The van der Waals surface area contributed by atoms with E-state index in [1.807, 2.05) is 4.90 Å². The number of carbonyl (C=O) groups excluding carboxylic acids is 1. The molecule has 3 aromatic rings. The molecular weight excluding hydrogens is 385 g/mol. The molecule has 3 aromatic heterocycles. The number of amides is 1. The van der Waals surface area contributed by atoms with E-state index in [0.29, 0.717) is 36.1 Å². The Balaban J connectivity index is 1.28. The van der Waals surface area contributed by atoms with Crippen molar-refractivity contribution in [2.75, 3.05) is 18.0 Å². The molecule has 1 saturated heterocycles. The van der Waals surface area contributed by atoms with Crippen molar-refractivity contribution < 1.29 is 22.4 Å². The van der Waals surface area contributed by atoms with Crippen LogP contribution in [0.3, 0.4) is 0 Å². The predicted molar refractivity (Wildman–Crippen MR) is 99.5 cm³/mol. The highest BCUT2D eigenvalue weighted by molar-refractivity contribution is 5.97. The van der Waals surface area contributed by atoms with Crippen LogP contribution in [0.25, 0.3) is 11.1 Å². The third kappa shape index (κ3) is 3.24. The lowest BCUT2D eigenvalue weighted by atomic mass is 9.98. The third-order valence-electron chi connectivity index (χ3n) is 6.01. The van der Waals surface area contributed by atoms with Gasteiger partial charge in [0.1, 0.15) is 17.2 Å². The van der Waals surface area contributed by atoms with Crippen LogP contribution < -0.4 is 10.2 Å². The Kier molecular flexibility index (Phi) is 4.07. The Morgan fingerprint density at radius 2 is 2.10 bits per heavy atom. The molecule has 2 N–H and O–H groups in total. The third-order valence-corrected chi connectivity index (χ3v) is 6.01. The lowest BCUT2D eigenvalue weighted by Gasteiger charge is -2.22. The first-order chi connectivity index (χ1) is 13.9. The quantitative estimate of drug-likeness (QED) is 0.696. The van der Waals surface area contributed by atoms with Gasteiger partial charge in [-0.15, -0.1) is 0 Å². The molecule has 3 atom stereocenters. The second-order valence-corrected chi connectivity index (χ2v) is 7.75. The monoisotopic (exact) mass is 404 g/mol. The van der Waals surface area contributed by atoms with Gasteiger partial charge in [-0.1, -0.05) is 6.07 Å². The summed E-state index contributed by atoms with van der Waals surface area (Å²) >= 11 is 0. The molecule has 152 valence electrons. The number of H-pyrrole nitrogens is 1. The maximum absolute atomic E-state index is 13.0. The van der Waals surface area contributed by atoms with E-state index in [-0.39, 0.29) is 17.9 Å². The Morgan fingerprint density at radius 1 is 1.24 bits per heavy atom. The van der Waals surface area contributed by atoms with Crippen LogP contribution in [-0.4, -0.2) is 35.0 Å². The summed E-state index contributed by atoms with van der Waals surface area (Å²) in [6.45, 7) is 1.23. The smallest absolute Gasteiger partial charge is 0.433 e. The zero-order valence-electron chi connectivity index (χ0n) is 15.4. The van der Waals surface area contributed by atoms with E-state index in [9.17, 15) is 18.0 Å². The van der Waals surface area contributed by atoms with Gasteiger partial charge in [-0.3, -0.25) is 4.79 Å². The molecule has 0 unspecified atom stereocenters. The predicted octanol–water partition coefficient (Wildman–Crippen LogP) is 3.82. The second-order valence-electron chi connectivity index (χ2n) is 7.75. The molecule has 0 spiro atoms. The molecule has 6 nitrogen and oxygen atoms in total. The largest absolute Gasteiger partial charge is 0.463 e. The SMILES string of the molecule is O=C(N[C@H]1CC[C@@H]2CN(c3cccc(C(F)(F)F)n3)C[C@@H]21)c1cc2occc2[nH]1. The fourth-order valence-corrected chi connectivity index (χ4v) is 4.61. The van der Waals surface area contributed by atoms with Crippen molar-refractivity contribution in [2.24, 2.45) is 11.8 Å². The Bertz CT molecular complexity index is 1030. The second kappa shape index (κ2) is 6.53. The molecular formula is C20H19F3N4O2. The molecule has 1 aliphatic carbocycles. The van der Waals surface area contributed by atoms with E-state index < -0.39 is 11.9 Å². The van der Waals surface area contributed by atoms with Gasteiger partial charge in [0.05, 0.1) is 11.8 Å². The van der Waals surface area contributed by atoms with Crippen molar-refractivity contribution >= 4 is 22.8 Å². The molecule has 5 rings (SSSR count). The van der Waals surface area contributed by atoms with E-state index in [1.54, 1.807) is 24.5 Å². The van der Waals surface area contributed by atoms with Gasteiger partial charge < -0.3 is 19.6 Å². The fourth-order valence-electron chi connectivity index (χ4n) is 4.61. The molecule has 9 heteroatoms. The number of fused-ring (bicyclic) bond motifs is 2. The van der Waals surface area contributed by atoms with Crippen molar-refractivity contribution in [3.63, 3.8) is 0 Å². The number of aromatic nitrogens is 2. The van der Waals surface area contributed by atoms with Gasteiger partial charge in [0, 0.05) is 37.2 Å². The first-order valence-corrected chi connectivity index (χ1v) is 9.55. The number of anilines is 1. The van der Waals surface area contributed by atoms with E-state index in [0.717, 1.165) is 24.4 Å². The summed E-state index contributed by atoms with van der Waals surface area (Å²) in [5.41, 5.74) is 0.953. The average Bonchev–Trinajstić information content (AvgIpc) is 3.42. The van der Waals surface area contributed by atoms with Crippen LogP contribution in [0, 0.1) is 11.8 Å². The molecule has 2 fully saturated rings. The minimum Gasteiger partial charge on any atom is -0.463 e. The molecule has 0 bridgehead atoms. The normalized spacial score (nSPS) is 24.2. The zero-order valence-corrected chi connectivity index (χ0v) is 15.4. The maximum atomic E-state index is 13.0. The number of carbonyl (C=O) groups is 1. The summed E-state index contributed by atoms with van der Waals surface area (Å²) in [6, 6.07) is 7.39. The van der Waals surface area contributed by atoms with Gasteiger partial charge in [0.25, 0.3) is 5.91 Å². The first kappa shape index (κ1) is 18.1. The van der Waals surface area contributed by atoms with E-state index in [1.165, 1.54) is 6.07 Å². The van der Waals surface area contributed by atoms with Crippen molar-refractivity contribution in [3.05, 3.63) is 48.0 Å². The van der Waals surface area contributed by atoms with Gasteiger partial charge in [-0.05, 0) is 30.9 Å². The minimum absolute atomic E-state index is 0.0158. The van der Waals surface area contributed by atoms with Crippen molar-refractivity contribution in [1.82, 2.24) is 15.3 Å². The van der Waals surface area contributed by atoms with E-state index in [2.05, 4.69) is 15.3 Å². The average molecular weight is 404 g/mol. The maximum Gasteiger partial charge on any atom is 0.433 e. The summed E-state index contributed by atoms with van der Waals surface area (Å²) in [7, 11) is 0. The Hall–Kier alpha value is -2.97. The highest BCUT2D eigenvalue weighted by Gasteiger charge is 2.44. The topological polar surface area (TPSA) is 74.2 Å². The van der Waals surface area contributed by atoms with Crippen LogP contribution in [0.4, 0.5) is 19.0 Å². The number of furan rings is 1. The molecule has 0 radical (unpaired) electrons. The summed E-state index contributed by atoms with van der Waals surface area (Å²) in [4.78, 5) is 21.4. The number of hydrogen-bond acceptors (Lipinski definition) is 4. The van der Waals surface area contributed by atoms with Crippen LogP contribution in [0.1, 0.15) is 29.0 Å². The standard InChI is InChI=1S/C20H19F3N4O2/c21-20(22,23)17-2-1-3-18(26-17)27-9-11-4-5-13(12(11)10-27)25-19(28)15-8-16-14(24-15)6-7-29-16/h1-3,6-8,11-13,24H,4-5,9-10H2,(H,25,28)/t11-,12+,13+/m1/s1. The van der Waals surface area contributed by atoms with Gasteiger partial charge in [0.15, 0.2) is 5.58 Å². The van der Waals surface area contributed by atoms with Crippen LogP contribution >= 0.6 is 0 Å². The molecule has 0 aromatic carbocycles. The van der Waals surface area contributed by atoms with Crippen LogP contribution in [0.5, 0.6) is 0 Å². The number of hydrogen-bond donors (Lipinski definition) is 2. The lowest BCUT2D eigenvalue weighted by Crippen LogP contribution is -2.40. The summed E-state index contributed by atoms with van der Waals surface area (Å²) in [5.74, 6) is 0.659. The minimum atomic E-state index is -4.46. The number of nitrogens with zero attached hydrogens (tertiary/aromatic N) is 2. The summed E-state index contributed by atoms with van der Waals surface area (Å²) in [5, 5.41) is 3.09. The first-order valence-electron chi connectivity index (χ1n) is 9.55. The summed E-state index contributed by atoms with van der Waals surface area (Å²) in [6.07, 6.45) is -1.11. The van der Waals surface area contributed by atoms with E-state index >= 15 is 0 Å². The van der Waals surface area contributed by atoms with Crippen molar-refractivity contribution in [2.45, 2.75) is 25.1 Å². The van der Waals surface area contributed by atoms with Crippen molar-refractivity contribution in [3.8, 4) is 0 Å². The van der Waals surface area contributed by atoms with Crippen LogP contribution in [0.15, 0.2) is 41.0 Å². The lowest BCUT2D eigenvalue weighted by molar-refractivity contribution is -0.141. The van der Waals surface area contributed by atoms with Crippen LogP contribution in [0.2, 0.25) is 0 Å². The molecule has 1 aliphatic heterocycles. The van der Waals surface area contributed by atoms with Gasteiger partial charge >= 0.3 is 6.18 Å². The van der Waals surface area contributed by atoms with Gasteiger partial charge in [-0.25, -0.2) is 4.98 Å². The van der Waals surface area contributed by atoms with Gasteiger partial charge in [-0.2, -0.15) is 13.2 Å². The number of nitrogens with one attached hydrogen (secondary N) is 2.